The van der Waals surface area contributed by atoms with Crippen molar-refractivity contribution in [3.63, 3.8) is 0 Å². The van der Waals surface area contributed by atoms with Gasteiger partial charge in [-0.05, 0) is 18.2 Å². The molecule has 0 saturated carbocycles. The Kier molecular flexibility index (Phi) is 3.95. The van der Waals surface area contributed by atoms with Crippen LogP contribution >= 0.6 is 11.6 Å². The molecule has 0 amide bonds. The zero-order valence-electron chi connectivity index (χ0n) is 7.99. The molecule has 5 heteroatoms. The van der Waals surface area contributed by atoms with E-state index >= 15 is 0 Å². The molecule has 0 unspecified atom stereocenters. The van der Waals surface area contributed by atoms with Crippen LogP contribution < -0.4 is 4.74 Å². The highest BCUT2D eigenvalue weighted by atomic mass is 35.5. The minimum absolute atomic E-state index is 0.0860. The first-order chi connectivity index (χ1) is 7.19. The predicted molar refractivity (Wildman–Crippen MR) is 53.9 cm³/mol. The van der Waals surface area contributed by atoms with Crippen LogP contribution in [0.15, 0.2) is 18.2 Å². The summed E-state index contributed by atoms with van der Waals surface area (Å²) in [5.41, 5.74) is 0.340. The highest BCUT2D eigenvalue weighted by Crippen LogP contribution is 2.25. The summed E-state index contributed by atoms with van der Waals surface area (Å²) in [7, 11) is 1.29. The van der Waals surface area contributed by atoms with E-state index in [1.807, 2.05) is 6.07 Å². The maximum atomic E-state index is 11.1. The van der Waals surface area contributed by atoms with E-state index in [1.165, 1.54) is 25.3 Å². The van der Waals surface area contributed by atoms with Gasteiger partial charge in [-0.25, -0.2) is 4.79 Å². The van der Waals surface area contributed by atoms with Crippen LogP contribution in [-0.2, 0) is 4.74 Å². The van der Waals surface area contributed by atoms with Crippen molar-refractivity contribution in [2.75, 3.05) is 13.7 Å². The molecule has 0 radical (unpaired) electrons. The summed E-state index contributed by atoms with van der Waals surface area (Å²) in [6.45, 7) is -0.0860. The fourth-order valence-corrected chi connectivity index (χ4v) is 1.21. The first kappa shape index (κ1) is 11.3. The van der Waals surface area contributed by atoms with Gasteiger partial charge in [-0.3, -0.25) is 0 Å². The maximum absolute atomic E-state index is 11.1. The van der Waals surface area contributed by atoms with Crippen molar-refractivity contribution in [3.8, 4) is 11.8 Å². The van der Waals surface area contributed by atoms with E-state index in [1.54, 1.807) is 0 Å². The fraction of sp³-hybridized carbons (Fsp3) is 0.200. The third-order valence-electron chi connectivity index (χ3n) is 1.65. The van der Waals surface area contributed by atoms with Crippen molar-refractivity contribution in [1.82, 2.24) is 0 Å². The van der Waals surface area contributed by atoms with Gasteiger partial charge in [0, 0.05) is 0 Å². The molecule has 0 atom stereocenters. The molecular weight excluding hydrogens is 218 g/mol. The van der Waals surface area contributed by atoms with Crippen molar-refractivity contribution in [3.05, 3.63) is 28.8 Å². The molecule has 0 aromatic heterocycles. The van der Waals surface area contributed by atoms with Gasteiger partial charge < -0.3 is 9.47 Å². The van der Waals surface area contributed by atoms with Gasteiger partial charge >= 0.3 is 5.97 Å². The Morgan fingerprint density at radius 3 is 2.87 bits per heavy atom. The van der Waals surface area contributed by atoms with Gasteiger partial charge in [0.25, 0.3) is 0 Å². The standard InChI is InChI=1S/C10H8ClNO3/c1-14-10(13)7-2-3-9(8(11)6-7)15-5-4-12/h2-3,6H,5H2,1H3. The average molecular weight is 226 g/mol. The molecule has 0 aliphatic rings. The normalized spacial score (nSPS) is 9.13. The number of rotatable bonds is 3. The molecule has 0 aliphatic heterocycles. The number of nitriles is 1. The molecule has 0 heterocycles. The second-order valence-corrected chi connectivity index (χ2v) is 2.99. The Bertz CT molecular complexity index is 412. The van der Waals surface area contributed by atoms with Crippen molar-refractivity contribution < 1.29 is 14.3 Å². The van der Waals surface area contributed by atoms with Crippen molar-refractivity contribution in [2.24, 2.45) is 0 Å². The summed E-state index contributed by atoms with van der Waals surface area (Å²) in [5.74, 6) is -0.102. The third kappa shape index (κ3) is 2.86. The summed E-state index contributed by atoms with van der Waals surface area (Å²) >= 11 is 5.82. The first-order valence-corrected chi connectivity index (χ1v) is 4.44. The summed E-state index contributed by atoms with van der Waals surface area (Å²) in [6.07, 6.45) is 0. The monoisotopic (exact) mass is 225 g/mol. The van der Waals surface area contributed by atoms with Gasteiger partial charge in [0.15, 0.2) is 6.61 Å². The Labute approximate surface area is 92.0 Å². The molecule has 1 aromatic rings. The van der Waals surface area contributed by atoms with Crippen LogP contribution in [0.2, 0.25) is 5.02 Å². The largest absolute Gasteiger partial charge is 0.477 e. The number of carbonyl (C=O) groups excluding carboxylic acids is 1. The van der Waals surface area contributed by atoms with E-state index in [0.29, 0.717) is 11.3 Å². The van der Waals surface area contributed by atoms with E-state index in [9.17, 15) is 4.79 Å². The van der Waals surface area contributed by atoms with Crippen LogP contribution in [0, 0.1) is 11.3 Å². The Hall–Kier alpha value is -1.73. The molecule has 0 bridgehead atoms. The van der Waals surface area contributed by atoms with Gasteiger partial charge in [-0.15, -0.1) is 0 Å². The molecule has 0 spiro atoms. The second kappa shape index (κ2) is 5.23. The maximum Gasteiger partial charge on any atom is 0.337 e. The number of halogens is 1. The molecule has 0 aliphatic carbocycles. The van der Waals surface area contributed by atoms with Gasteiger partial charge in [0.05, 0.1) is 17.7 Å². The number of ether oxygens (including phenoxy) is 2. The van der Waals surface area contributed by atoms with E-state index in [2.05, 4.69) is 4.74 Å². The highest BCUT2D eigenvalue weighted by Gasteiger charge is 2.08. The van der Waals surface area contributed by atoms with Crippen LogP contribution in [0.4, 0.5) is 0 Å². The topological polar surface area (TPSA) is 59.3 Å². The Balaban J connectivity index is 2.89. The lowest BCUT2D eigenvalue weighted by Gasteiger charge is -2.05. The van der Waals surface area contributed by atoms with Gasteiger partial charge in [0.1, 0.15) is 11.8 Å². The summed E-state index contributed by atoms with van der Waals surface area (Å²) < 4.78 is 9.53. The van der Waals surface area contributed by atoms with E-state index < -0.39 is 5.97 Å². The minimum atomic E-state index is -0.469. The lowest BCUT2D eigenvalue weighted by molar-refractivity contribution is 0.0600. The molecule has 4 nitrogen and oxygen atoms in total. The predicted octanol–water partition coefficient (Wildman–Crippen LogP) is 2.03. The lowest BCUT2D eigenvalue weighted by Crippen LogP contribution is -2.01. The quantitative estimate of drug-likeness (QED) is 0.739. The van der Waals surface area contributed by atoms with Gasteiger partial charge in [-0.2, -0.15) is 5.26 Å². The molecule has 0 fully saturated rings. The molecule has 0 N–H and O–H groups in total. The zero-order valence-corrected chi connectivity index (χ0v) is 8.75. The number of carbonyl (C=O) groups is 1. The van der Waals surface area contributed by atoms with Crippen LogP contribution in [-0.4, -0.2) is 19.7 Å². The fourth-order valence-electron chi connectivity index (χ4n) is 0.973. The van der Waals surface area contributed by atoms with Crippen LogP contribution in [0.1, 0.15) is 10.4 Å². The van der Waals surface area contributed by atoms with E-state index in [4.69, 9.17) is 21.6 Å². The highest BCUT2D eigenvalue weighted by molar-refractivity contribution is 6.32. The van der Waals surface area contributed by atoms with Gasteiger partial charge in [-0.1, -0.05) is 11.6 Å². The molecule has 1 rings (SSSR count). The average Bonchev–Trinajstić information content (AvgIpc) is 2.26. The van der Waals surface area contributed by atoms with Crippen molar-refractivity contribution in [2.45, 2.75) is 0 Å². The second-order valence-electron chi connectivity index (χ2n) is 2.58. The van der Waals surface area contributed by atoms with Crippen molar-refractivity contribution >= 4 is 17.6 Å². The first-order valence-electron chi connectivity index (χ1n) is 4.06. The van der Waals surface area contributed by atoms with Gasteiger partial charge in [0.2, 0.25) is 0 Å². The molecule has 1 aromatic carbocycles. The number of hydrogen-bond acceptors (Lipinski definition) is 4. The zero-order chi connectivity index (χ0) is 11.3. The summed E-state index contributed by atoms with van der Waals surface area (Å²) in [5, 5.41) is 8.58. The Morgan fingerprint density at radius 1 is 1.60 bits per heavy atom. The van der Waals surface area contributed by atoms with E-state index in [-0.39, 0.29) is 11.6 Å². The summed E-state index contributed by atoms with van der Waals surface area (Å²) in [6, 6.07) is 6.29. The number of hydrogen-bond donors (Lipinski definition) is 0. The van der Waals surface area contributed by atoms with Crippen LogP contribution in [0.3, 0.4) is 0 Å². The minimum Gasteiger partial charge on any atom is -0.477 e. The number of esters is 1. The van der Waals surface area contributed by atoms with Crippen LogP contribution in [0.5, 0.6) is 5.75 Å². The molecule has 15 heavy (non-hydrogen) atoms. The molecule has 0 saturated heterocycles. The SMILES string of the molecule is COC(=O)c1ccc(OCC#N)c(Cl)c1. The van der Waals surface area contributed by atoms with Crippen LogP contribution in [0.25, 0.3) is 0 Å². The third-order valence-corrected chi connectivity index (χ3v) is 1.94. The smallest absolute Gasteiger partial charge is 0.337 e. The number of methoxy groups -OCH3 is 1. The molecule has 78 valence electrons. The molecular formula is C10H8ClNO3. The van der Waals surface area contributed by atoms with Crippen molar-refractivity contribution in [1.29, 1.82) is 5.26 Å². The number of benzene rings is 1. The number of nitrogens with zero attached hydrogens (tertiary/aromatic N) is 1. The summed E-state index contributed by atoms with van der Waals surface area (Å²) in [4.78, 5) is 11.1. The van der Waals surface area contributed by atoms with E-state index in [0.717, 1.165) is 0 Å². The Morgan fingerprint density at radius 2 is 2.33 bits per heavy atom. The lowest BCUT2D eigenvalue weighted by atomic mass is 10.2.